The van der Waals surface area contributed by atoms with Crippen LogP contribution < -0.4 is 10.2 Å². The van der Waals surface area contributed by atoms with Crippen LogP contribution in [0.5, 0.6) is 5.75 Å². The minimum absolute atomic E-state index is 0.473. The first-order valence-corrected chi connectivity index (χ1v) is 8.74. The number of hydrogen-bond acceptors (Lipinski definition) is 5. The van der Waals surface area contributed by atoms with Gasteiger partial charge in [0.1, 0.15) is 5.75 Å². The summed E-state index contributed by atoms with van der Waals surface area (Å²) in [7, 11) is -0.0629. The van der Waals surface area contributed by atoms with E-state index < -0.39 is 13.3 Å². The van der Waals surface area contributed by atoms with Crippen LogP contribution in [0.4, 0.5) is 4.79 Å². The molecule has 5 nitrogen and oxygen atoms in total. The minimum Gasteiger partial charge on any atom is -0.437 e. The van der Waals surface area contributed by atoms with Crippen molar-refractivity contribution in [2.45, 2.75) is 13.8 Å². The van der Waals surface area contributed by atoms with Crippen molar-refractivity contribution in [2.75, 3.05) is 7.11 Å². The van der Waals surface area contributed by atoms with Crippen LogP contribution in [0.15, 0.2) is 72.8 Å². The molecule has 3 aromatic carbocycles. The number of carbonyl (C=O) groups is 1. The Morgan fingerprint density at radius 1 is 0.821 bits per heavy atom. The molecule has 0 aliphatic rings. The molecule has 0 heterocycles. The largest absolute Gasteiger partial charge is 0.513 e. The van der Waals surface area contributed by atoms with Gasteiger partial charge in [-0.05, 0) is 42.6 Å². The normalized spacial score (nSPS) is 9.75. The average molecular weight is 378 g/mol. The van der Waals surface area contributed by atoms with E-state index in [1.54, 1.807) is 24.3 Å². The highest BCUT2D eigenvalue weighted by Crippen LogP contribution is 2.24. The summed E-state index contributed by atoms with van der Waals surface area (Å²) in [6, 6.07) is 22.6. The molecule has 0 saturated heterocycles. The van der Waals surface area contributed by atoms with Gasteiger partial charge in [-0.25, -0.2) is 4.79 Å². The Morgan fingerprint density at radius 3 is 1.93 bits per heavy atom. The molecular formula is C22H23BO5. The van der Waals surface area contributed by atoms with E-state index in [9.17, 15) is 4.79 Å². The maximum absolute atomic E-state index is 11.0. The lowest BCUT2D eigenvalue weighted by molar-refractivity contribution is 0.121. The van der Waals surface area contributed by atoms with Gasteiger partial charge in [0.2, 0.25) is 0 Å². The van der Waals surface area contributed by atoms with Gasteiger partial charge in [-0.2, -0.15) is 0 Å². The predicted octanol–water partition coefficient (Wildman–Crippen LogP) is 3.48. The fraction of sp³-hybridized carbons (Fsp3) is 0.136. The SMILES string of the molecule is COC(=O)Oc1cccc(-c2cccc(C)c2)c1.Cc1cccc(B(O)O)c1. The van der Waals surface area contributed by atoms with Crippen molar-refractivity contribution in [3.63, 3.8) is 0 Å². The summed E-state index contributed by atoms with van der Waals surface area (Å²) in [6.07, 6.45) is -0.712. The second kappa shape index (κ2) is 10.3. The van der Waals surface area contributed by atoms with Gasteiger partial charge in [-0.3, -0.25) is 0 Å². The highest BCUT2D eigenvalue weighted by molar-refractivity contribution is 6.58. The second-order valence-corrected chi connectivity index (χ2v) is 6.24. The standard InChI is InChI=1S/C15H14O3.C7H9BO2/c1-11-5-3-6-12(9-11)13-7-4-8-14(10-13)18-15(16)17-2;1-6-3-2-4-7(5-6)8(9)10/h3-10H,1-2H3;2-5,9-10H,1H3. The van der Waals surface area contributed by atoms with Crippen LogP contribution in [0.25, 0.3) is 11.1 Å². The van der Waals surface area contributed by atoms with Crippen molar-refractivity contribution >= 4 is 18.7 Å². The summed E-state index contributed by atoms with van der Waals surface area (Å²) in [6.45, 7) is 3.95. The summed E-state index contributed by atoms with van der Waals surface area (Å²) >= 11 is 0. The summed E-state index contributed by atoms with van der Waals surface area (Å²) in [4.78, 5) is 11.0. The highest BCUT2D eigenvalue weighted by atomic mass is 16.7. The van der Waals surface area contributed by atoms with Gasteiger partial charge in [0.25, 0.3) is 0 Å². The van der Waals surface area contributed by atoms with E-state index in [0.29, 0.717) is 11.2 Å². The zero-order valence-electron chi connectivity index (χ0n) is 16.1. The molecule has 0 radical (unpaired) electrons. The third kappa shape index (κ3) is 6.57. The lowest BCUT2D eigenvalue weighted by atomic mass is 9.80. The van der Waals surface area contributed by atoms with Crippen LogP contribution in [0, 0.1) is 13.8 Å². The van der Waals surface area contributed by atoms with Gasteiger partial charge in [0, 0.05) is 0 Å². The van der Waals surface area contributed by atoms with E-state index in [1.807, 2.05) is 56.3 Å². The van der Waals surface area contributed by atoms with Crippen LogP contribution in [0.2, 0.25) is 0 Å². The van der Waals surface area contributed by atoms with Crippen molar-refractivity contribution in [1.82, 2.24) is 0 Å². The zero-order chi connectivity index (χ0) is 20.5. The van der Waals surface area contributed by atoms with Crippen LogP contribution >= 0.6 is 0 Å². The van der Waals surface area contributed by atoms with E-state index >= 15 is 0 Å². The van der Waals surface area contributed by atoms with Gasteiger partial charge < -0.3 is 19.5 Å². The molecule has 0 amide bonds. The summed E-state index contributed by atoms with van der Waals surface area (Å²) in [5.74, 6) is 0.473. The first kappa shape index (κ1) is 21.2. The molecule has 0 fully saturated rings. The lowest BCUT2D eigenvalue weighted by Crippen LogP contribution is -2.29. The lowest BCUT2D eigenvalue weighted by Gasteiger charge is -2.06. The molecule has 144 valence electrons. The summed E-state index contributed by atoms with van der Waals surface area (Å²) < 4.78 is 9.45. The van der Waals surface area contributed by atoms with E-state index in [1.165, 1.54) is 12.7 Å². The topological polar surface area (TPSA) is 76.0 Å². The Morgan fingerprint density at radius 2 is 1.39 bits per heavy atom. The van der Waals surface area contributed by atoms with E-state index in [-0.39, 0.29) is 0 Å². The Hall–Kier alpha value is -3.09. The molecule has 6 heteroatoms. The Kier molecular flexibility index (Phi) is 7.81. The monoisotopic (exact) mass is 378 g/mol. The quantitative estimate of drug-likeness (QED) is 0.415. The molecule has 0 aliphatic heterocycles. The first-order valence-electron chi connectivity index (χ1n) is 8.74. The minimum atomic E-state index is -1.35. The molecule has 0 aromatic heterocycles. The molecule has 0 aliphatic carbocycles. The van der Waals surface area contributed by atoms with Crippen LogP contribution in [0.3, 0.4) is 0 Å². The number of hydrogen-bond donors (Lipinski definition) is 2. The van der Waals surface area contributed by atoms with Gasteiger partial charge in [-0.1, -0.05) is 71.8 Å². The number of carbonyl (C=O) groups excluding carboxylic acids is 1. The number of ether oxygens (including phenoxy) is 2. The fourth-order valence-corrected chi connectivity index (χ4v) is 2.53. The Labute approximate surface area is 165 Å². The average Bonchev–Trinajstić information content (AvgIpc) is 2.68. The first-order chi connectivity index (χ1) is 13.4. The predicted molar refractivity (Wildman–Crippen MR) is 111 cm³/mol. The number of rotatable bonds is 3. The van der Waals surface area contributed by atoms with E-state index in [4.69, 9.17) is 14.8 Å². The molecule has 0 saturated carbocycles. The molecule has 0 spiro atoms. The molecule has 2 N–H and O–H groups in total. The number of benzene rings is 3. The van der Waals surface area contributed by atoms with E-state index in [2.05, 4.69) is 10.8 Å². The van der Waals surface area contributed by atoms with Crippen LogP contribution in [0.1, 0.15) is 11.1 Å². The van der Waals surface area contributed by atoms with Gasteiger partial charge in [0.15, 0.2) is 0 Å². The summed E-state index contributed by atoms with van der Waals surface area (Å²) in [5, 5.41) is 17.4. The van der Waals surface area contributed by atoms with Gasteiger partial charge >= 0.3 is 13.3 Å². The summed E-state index contributed by atoms with van der Waals surface area (Å²) in [5.41, 5.74) is 4.85. The van der Waals surface area contributed by atoms with E-state index in [0.717, 1.165) is 16.7 Å². The van der Waals surface area contributed by atoms with Crippen molar-refractivity contribution in [3.8, 4) is 16.9 Å². The molecule has 0 unspecified atom stereocenters. The molecule has 3 rings (SSSR count). The molecule has 28 heavy (non-hydrogen) atoms. The third-order valence-electron chi connectivity index (χ3n) is 3.89. The molecule has 0 atom stereocenters. The van der Waals surface area contributed by atoms with Crippen LogP contribution in [-0.2, 0) is 4.74 Å². The maximum Gasteiger partial charge on any atom is 0.513 e. The smallest absolute Gasteiger partial charge is 0.437 e. The fourth-order valence-electron chi connectivity index (χ4n) is 2.53. The third-order valence-corrected chi connectivity index (χ3v) is 3.89. The molecular weight excluding hydrogens is 355 g/mol. The Balaban J connectivity index is 0.000000237. The van der Waals surface area contributed by atoms with Crippen molar-refractivity contribution in [2.24, 2.45) is 0 Å². The molecule has 0 bridgehead atoms. The van der Waals surface area contributed by atoms with Gasteiger partial charge in [0.05, 0.1) is 7.11 Å². The number of methoxy groups -OCH3 is 1. The Bertz CT molecular complexity index is 924. The van der Waals surface area contributed by atoms with Gasteiger partial charge in [-0.15, -0.1) is 0 Å². The number of aryl methyl sites for hydroxylation is 2. The zero-order valence-corrected chi connectivity index (χ0v) is 16.1. The van der Waals surface area contributed by atoms with Crippen LogP contribution in [-0.4, -0.2) is 30.4 Å². The van der Waals surface area contributed by atoms with Crippen molar-refractivity contribution in [1.29, 1.82) is 0 Å². The van der Waals surface area contributed by atoms with Crippen molar-refractivity contribution in [3.05, 3.63) is 83.9 Å². The highest BCUT2D eigenvalue weighted by Gasteiger charge is 2.09. The van der Waals surface area contributed by atoms with Crippen molar-refractivity contribution < 1.29 is 24.3 Å². The maximum atomic E-state index is 11.0. The molecule has 3 aromatic rings. The second-order valence-electron chi connectivity index (χ2n) is 6.24.